The predicted octanol–water partition coefficient (Wildman–Crippen LogP) is 4.66. The smallest absolute Gasteiger partial charge is 0.294 e. The topological polar surface area (TPSA) is 62.6 Å². The Bertz CT molecular complexity index is 1290. The SMILES string of the molecule is Cc1cccc(Cn2cc(C=C3SC(=O)N(CC(=O)N4CCCC4)C3=O)c3ccccc32)c1. The third kappa shape index (κ3) is 4.33. The Labute approximate surface area is 196 Å². The number of aromatic nitrogens is 1. The number of para-hydroxylation sites is 1. The number of imide groups is 1. The zero-order valence-corrected chi connectivity index (χ0v) is 19.3. The Balaban J connectivity index is 1.42. The van der Waals surface area contributed by atoms with Crippen LogP contribution in [0, 0.1) is 6.92 Å². The maximum atomic E-state index is 13.0. The van der Waals surface area contributed by atoms with Crippen LogP contribution in [0.1, 0.15) is 29.5 Å². The van der Waals surface area contributed by atoms with E-state index in [1.54, 1.807) is 11.0 Å². The van der Waals surface area contributed by atoms with Gasteiger partial charge in [0.15, 0.2) is 0 Å². The fraction of sp³-hybridized carbons (Fsp3) is 0.269. The lowest BCUT2D eigenvalue weighted by atomic mass is 10.1. The number of fused-ring (bicyclic) bond motifs is 1. The van der Waals surface area contributed by atoms with Gasteiger partial charge in [0.25, 0.3) is 11.1 Å². The number of hydrogen-bond donors (Lipinski definition) is 0. The number of benzene rings is 2. The zero-order valence-electron chi connectivity index (χ0n) is 18.5. The van der Waals surface area contributed by atoms with Gasteiger partial charge in [0, 0.05) is 42.3 Å². The van der Waals surface area contributed by atoms with Crippen LogP contribution in [-0.2, 0) is 16.1 Å². The quantitative estimate of drug-likeness (QED) is 0.521. The molecular formula is C26H25N3O3S. The van der Waals surface area contributed by atoms with Crippen LogP contribution in [0.3, 0.4) is 0 Å². The van der Waals surface area contributed by atoms with Gasteiger partial charge in [-0.2, -0.15) is 0 Å². The second-order valence-corrected chi connectivity index (χ2v) is 9.57. The number of likely N-dealkylation sites (tertiary alicyclic amines) is 1. The molecule has 0 unspecified atom stereocenters. The monoisotopic (exact) mass is 459 g/mol. The van der Waals surface area contributed by atoms with Crippen LogP contribution >= 0.6 is 11.8 Å². The van der Waals surface area contributed by atoms with Crippen molar-refractivity contribution in [2.75, 3.05) is 19.6 Å². The third-order valence-electron chi connectivity index (χ3n) is 6.17. The van der Waals surface area contributed by atoms with Gasteiger partial charge in [0.2, 0.25) is 5.91 Å². The van der Waals surface area contributed by atoms with Crippen LogP contribution in [-0.4, -0.2) is 51.1 Å². The molecule has 1 aromatic heterocycles. The number of thioether (sulfide) groups is 1. The standard InChI is InChI=1S/C26H25N3O3S/c1-18-7-6-8-19(13-18)15-28-16-20(21-9-2-3-10-22(21)28)14-23-25(31)29(26(32)33-23)17-24(30)27-11-4-5-12-27/h2-3,6-10,13-14,16H,4-5,11-12,15,17H2,1H3. The van der Waals surface area contributed by atoms with Crippen LogP contribution in [0.25, 0.3) is 17.0 Å². The molecule has 5 rings (SSSR count). The summed E-state index contributed by atoms with van der Waals surface area (Å²) in [4.78, 5) is 41.1. The molecule has 0 saturated carbocycles. The fourth-order valence-corrected chi connectivity index (χ4v) is 5.34. The summed E-state index contributed by atoms with van der Waals surface area (Å²) in [6.07, 6.45) is 5.75. The largest absolute Gasteiger partial charge is 0.342 e. The summed E-state index contributed by atoms with van der Waals surface area (Å²) in [6, 6.07) is 16.4. The van der Waals surface area contributed by atoms with E-state index in [4.69, 9.17) is 0 Å². The minimum atomic E-state index is -0.395. The van der Waals surface area contributed by atoms with E-state index in [1.807, 2.05) is 24.4 Å². The molecule has 2 aliphatic heterocycles. The molecule has 0 radical (unpaired) electrons. The Hall–Kier alpha value is -3.32. The van der Waals surface area contributed by atoms with Crippen molar-refractivity contribution in [3.8, 4) is 0 Å². The van der Waals surface area contributed by atoms with Gasteiger partial charge in [-0.25, -0.2) is 0 Å². The molecule has 2 aromatic carbocycles. The maximum absolute atomic E-state index is 13.0. The van der Waals surface area contributed by atoms with Crippen LogP contribution in [0.2, 0.25) is 0 Å². The molecule has 6 nitrogen and oxygen atoms in total. The first-order valence-corrected chi connectivity index (χ1v) is 12.0. The van der Waals surface area contributed by atoms with Crippen molar-refractivity contribution in [2.45, 2.75) is 26.3 Å². The van der Waals surface area contributed by atoms with Crippen molar-refractivity contribution in [1.82, 2.24) is 14.4 Å². The molecule has 3 heterocycles. The number of nitrogens with zero attached hydrogens (tertiary/aromatic N) is 3. The molecule has 33 heavy (non-hydrogen) atoms. The van der Waals surface area contributed by atoms with Crippen molar-refractivity contribution < 1.29 is 14.4 Å². The molecular weight excluding hydrogens is 434 g/mol. The van der Waals surface area contributed by atoms with E-state index in [0.717, 1.165) is 46.0 Å². The highest BCUT2D eigenvalue weighted by molar-refractivity contribution is 8.18. The fourth-order valence-electron chi connectivity index (χ4n) is 4.51. The molecule has 0 aliphatic carbocycles. The molecule has 168 valence electrons. The van der Waals surface area contributed by atoms with Crippen molar-refractivity contribution in [3.05, 3.63) is 76.3 Å². The molecule has 3 amide bonds. The summed E-state index contributed by atoms with van der Waals surface area (Å²) in [5, 5.41) is 0.632. The second kappa shape index (κ2) is 8.90. The lowest BCUT2D eigenvalue weighted by molar-refractivity contribution is -0.135. The van der Waals surface area contributed by atoms with E-state index in [-0.39, 0.29) is 17.7 Å². The number of carbonyl (C=O) groups excluding carboxylic acids is 3. The number of hydrogen-bond acceptors (Lipinski definition) is 4. The molecule has 2 aliphatic rings. The van der Waals surface area contributed by atoms with Gasteiger partial charge in [0.1, 0.15) is 6.54 Å². The molecule has 0 spiro atoms. The molecule has 2 saturated heterocycles. The summed E-state index contributed by atoms with van der Waals surface area (Å²) >= 11 is 0.903. The lowest BCUT2D eigenvalue weighted by Crippen LogP contribution is -2.40. The van der Waals surface area contributed by atoms with E-state index < -0.39 is 5.91 Å². The van der Waals surface area contributed by atoms with Gasteiger partial charge in [0.05, 0.1) is 4.91 Å². The Morgan fingerprint density at radius 1 is 1.06 bits per heavy atom. The molecule has 0 bridgehead atoms. The predicted molar refractivity (Wildman–Crippen MR) is 131 cm³/mol. The number of carbonyl (C=O) groups is 3. The summed E-state index contributed by atoms with van der Waals surface area (Å²) in [6.45, 7) is 4.00. The Morgan fingerprint density at radius 3 is 2.64 bits per heavy atom. The Morgan fingerprint density at radius 2 is 1.85 bits per heavy atom. The highest BCUT2D eigenvalue weighted by Gasteiger charge is 2.37. The summed E-state index contributed by atoms with van der Waals surface area (Å²) in [5.41, 5.74) is 4.35. The van der Waals surface area contributed by atoms with Crippen molar-refractivity contribution >= 4 is 45.8 Å². The van der Waals surface area contributed by atoms with Crippen LogP contribution < -0.4 is 0 Å². The molecule has 0 atom stereocenters. The van der Waals surface area contributed by atoms with Gasteiger partial charge < -0.3 is 9.47 Å². The van der Waals surface area contributed by atoms with Crippen molar-refractivity contribution in [3.63, 3.8) is 0 Å². The van der Waals surface area contributed by atoms with E-state index in [1.165, 1.54) is 11.1 Å². The van der Waals surface area contributed by atoms with Crippen LogP contribution in [0.15, 0.2) is 59.6 Å². The van der Waals surface area contributed by atoms with E-state index in [0.29, 0.717) is 24.5 Å². The van der Waals surface area contributed by atoms with Gasteiger partial charge in [-0.15, -0.1) is 0 Å². The molecule has 0 N–H and O–H groups in total. The van der Waals surface area contributed by atoms with Crippen molar-refractivity contribution in [2.24, 2.45) is 0 Å². The second-order valence-electron chi connectivity index (χ2n) is 8.57. The van der Waals surface area contributed by atoms with Gasteiger partial charge in [-0.05, 0) is 49.2 Å². The van der Waals surface area contributed by atoms with E-state index >= 15 is 0 Å². The zero-order chi connectivity index (χ0) is 22.9. The summed E-state index contributed by atoms with van der Waals surface area (Å²) in [7, 11) is 0. The minimum absolute atomic E-state index is 0.161. The van der Waals surface area contributed by atoms with Crippen molar-refractivity contribution in [1.29, 1.82) is 0 Å². The molecule has 7 heteroatoms. The highest BCUT2D eigenvalue weighted by atomic mass is 32.2. The van der Waals surface area contributed by atoms with Gasteiger partial charge in [-0.3, -0.25) is 19.3 Å². The first-order chi connectivity index (χ1) is 16.0. The minimum Gasteiger partial charge on any atom is -0.342 e. The lowest BCUT2D eigenvalue weighted by Gasteiger charge is -2.18. The molecule has 3 aromatic rings. The highest BCUT2D eigenvalue weighted by Crippen LogP contribution is 2.34. The van der Waals surface area contributed by atoms with Gasteiger partial charge in [-0.1, -0.05) is 48.0 Å². The summed E-state index contributed by atoms with van der Waals surface area (Å²) in [5.74, 6) is -0.557. The van der Waals surface area contributed by atoms with Crippen LogP contribution in [0.5, 0.6) is 0 Å². The van der Waals surface area contributed by atoms with Crippen LogP contribution in [0.4, 0.5) is 4.79 Å². The first-order valence-electron chi connectivity index (χ1n) is 11.2. The number of rotatable bonds is 5. The normalized spacial score (nSPS) is 17.7. The van der Waals surface area contributed by atoms with E-state index in [9.17, 15) is 14.4 Å². The number of aryl methyl sites for hydroxylation is 1. The summed E-state index contributed by atoms with van der Waals surface area (Å²) < 4.78 is 2.16. The number of amides is 3. The Kier molecular flexibility index (Phi) is 5.81. The maximum Gasteiger partial charge on any atom is 0.294 e. The van der Waals surface area contributed by atoms with E-state index in [2.05, 4.69) is 41.8 Å². The third-order valence-corrected chi connectivity index (χ3v) is 7.07. The molecule has 2 fully saturated rings. The average molecular weight is 460 g/mol. The average Bonchev–Trinajstić information content (AvgIpc) is 3.51. The van der Waals surface area contributed by atoms with Gasteiger partial charge >= 0.3 is 0 Å². The first kappa shape index (κ1) is 21.5.